The van der Waals surface area contributed by atoms with E-state index in [1.807, 2.05) is 4.68 Å². The van der Waals surface area contributed by atoms with Crippen molar-refractivity contribution in [2.75, 3.05) is 12.3 Å². The molecule has 92 valence electrons. The van der Waals surface area contributed by atoms with E-state index in [4.69, 9.17) is 6.42 Å². The van der Waals surface area contributed by atoms with Gasteiger partial charge in [-0.05, 0) is 29.7 Å². The summed E-state index contributed by atoms with van der Waals surface area (Å²) in [6.07, 6.45) is 9.65. The van der Waals surface area contributed by atoms with E-state index in [-0.39, 0.29) is 0 Å². The molecule has 5 nitrogen and oxygen atoms in total. The molecule has 1 aliphatic carbocycles. The third-order valence-corrected chi connectivity index (χ3v) is 3.57. The zero-order valence-corrected chi connectivity index (χ0v) is 10.6. The van der Waals surface area contributed by atoms with Gasteiger partial charge in [-0.15, -0.1) is 17.4 Å². The van der Waals surface area contributed by atoms with E-state index in [1.54, 1.807) is 11.8 Å². The van der Waals surface area contributed by atoms with Crippen molar-refractivity contribution in [2.45, 2.75) is 43.4 Å². The first-order valence-corrected chi connectivity index (χ1v) is 6.94. The summed E-state index contributed by atoms with van der Waals surface area (Å²) < 4.78 is 1.86. The average molecular weight is 251 g/mol. The average Bonchev–Trinajstić information content (AvgIpc) is 3.05. The molecule has 1 aromatic heterocycles. The van der Waals surface area contributed by atoms with Crippen LogP contribution in [0.2, 0.25) is 0 Å². The molecule has 1 N–H and O–H groups in total. The van der Waals surface area contributed by atoms with E-state index in [9.17, 15) is 0 Å². The van der Waals surface area contributed by atoms with Crippen molar-refractivity contribution in [2.24, 2.45) is 0 Å². The first-order valence-electron chi connectivity index (χ1n) is 5.96. The van der Waals surface area contributed by atoms with E-state index in [2.05, 4.69) is 26.8 Å². The number of unbranched alkanes of at least 4 members (excludes halogenated alkanes) is 1. The summed E-state index contributed by atoms with van der Waals surface area (Å²) in [7, 11) is 0. The third-order valence-electron chi connectivity index (χ3n) is 2.53. The maximum atomic E-state index is 5.20. The molecule has 0 aromatic carbocycles. The molecule has 0 saturated heterocycles. The molecule has 0 unspecified atom stereocenters. The molecule has 17 heavy (non-hydrogen) atoms. The number of thioether (sulfide) groups is 1. The van der Waals surface area contributed by atoms with Crippen LogP contribution >= 0.6 is 11.8 Å². The van der Waals surface area contributed by atoms with E-state index in [0.717, 1.165) is 42.9 Å². The summed E-state index contributed by atoms with van der Waals surface area (Å²) in [6.45, 7) is 1.77. The molecule has 2 rings (SSSR count). The minimum Gasteiger partial charge on any atom is -0.312 e. The highest BCUT2D eigenvalue weighted by atomic mass is 32.2. The van der Waals surface area contributed by atoms with E-state index < -0.39 is 0 Å². The zero-order chi connectivity index (χ0) is 11.9. The van der Waals surface area contributed by atoms with Crippen molar-refractivity contribution in [3.8, 4) is 12.3 Å². The number of nitrogens with zero attached hydrogens (tertiary/aromatic N) is 4. The Bertz CT molecular complexity index is 379. The van der Waals surface area contributed by atoms with Crippen LogP contribution in [-0.2, 0) is 6.54 Å². The van der Waals surface area contributed by atoms with Crippen molar-refractivity contribution >= 4 is 11.8 Å². The second-order valence-electron chi connectivity index (χ2n) is 4.07. The minimum atomic E-state index is 0.734. The summed E-state index contributed by atoms with van der Waals surface area (Å²) >= 11 is 1.67. The van der Waals surface area contributed by atoms with Crippen LogP contribution in [0, 0.1) is 12.3 Å². The molecule has 1 fully saturated rings. The van der Waals surface area contributed by atoms with Gasteiger partial charge in [0.2, 0.25) is 5.16 Å². The monoisotopic (exact) mass is 251 g/mol. The Balaban J connectivity index is 1.69. The topological polar surface area (TPSA) is 55.6 Å². The highest BCUT2D eigenvalue weighted by Crippen LogP contribution is 2.18. The van der Waals surface area contributed by atoms with Gasteiger partial charge < -0.3 is 5.32 Å². The Labute approximate surface area is 106 Å². The molecule has 0 radical (unpaired) electrons. The molecule has 1 aliphatic rings. The fourth-order valence-corrected chi connectivity index (χ4v) is 2.28. The molecule has 0 amide bonds. The van der Waals surface area contributed by atoms with Gasteiger partial charge in [-0.2, -0.15) is 0 Å². The van der Waals surface area contributed by atoms with Gasteiger partial charge in [-0.3, -0.25) is 0 Å². The highest BCUT2D eigenvalue weighted by Gasteiger charge is 2.19. The molecule has 1 saturated carbocycles. The van der Waals surface area contributed by atoms with Crippen molar-refractivity contribution < 1.29 is 0 Å². The van der Waals surface area contributed by atoms with Crippen LogP contribution < -0.4 is 5.32 Å². The minimum absolute atomic E-state index is 0.734. The van der Waals surface area contributed by atoms with Gasteiger partial charge in [0, 0.05) is 24.8 Å². The summed E-state index contributed by atoms with van der Waals surface area (Å²) in [5, 5.41) is 16.0. The molecule has 0 bridgehead atoms. The lowest BCUT2D eigenvalue weighted by molar-refractivity contribution is 0.509. The van der Waals surface area contributed by atoms with Crippen LogP contribution in [0.4, 0.5) is 0 Å². The lowest BCUT2D eigenvalue weighted by Crippen LogP contribution is -2.22. The lowest BCUT2D eigenvalue weighted by atomic mass is 10.4. The van der Waals surface area contributed by atoms with Gasteiger partial charge in [0.15, 0.2) is 0 Å². The van der Waals surface area contributed by atoms with Gasteiger partial charge >= 0.3 is 0 Å². The first-order chi connectivity index (χ1) is 8.40. The Morgan fingerprint density at radius 2 is 2.41 bits per heavy atom. The van der Waals surface area contributed by atoms with Crippen LogP contribution in [0.1, 0.15) is 25.7 Å². The van der Waals surface area contributed by atoms with Gasteiger partial charge in [-0.25, -0.2) is 4.68 Å². The van der Waals surface area contributed by atoms with E-state index in [1.165, 1.54) is 12.8 Å². The van der Waals surface area contributed by atoms with Crippen molar-refractivity contribution in [3.63, 3.8) is 0 Å². The number of hydrogen-bond acceptors (Lipinski definition) is 5. The van der Waals surface area contributed by atoms with Crippen LogP contribution in [0.5, 0.6) is 0 Å². The van der Waals surface area contributed by atoms with Gasteiger partial charge in [0.05, 0.1) is 6.54 Å². The molecule has 1 heterocycles. The summed E-state index contributed by atoms with van der Waals surface area (Å²) in [6, 6.07) is 0.734. The van der Waals surface area contributed by atoms with Crippen LogP contribution in [0.3, 0.4) is 0 Å². The van der Waals surface area contributed by atoms with E-state index >= 15 is 0 Å². The summed E-state index contributed by atoms with van der Waals surface area (Å²) in [5.74, 6) is 3.61. The number of rotatable bonds is 8. The molecule has 0 atom stereocenters. The van der Waals surface area contributed by atoms with Gasteiger partial charge in [0.25, 0.3) is 0 Å². The second kappa shape index (κ2) is 6.62. The molecule has 6 heteroatoms. The van der Waals surface area contributed by atoms with Crippen molar-refractivity contribution in [1.29, 1.82) is 0 Å². The number of tetrazole rings is 1. The number of aromatic nitrogens is 4. The molecular formula is C11H17N5S. The van der Waals surface area contributed by atoms with Gasteiger partial charge in [-0.1, -0.05) is 11.8 Å². The standard InChI is InChI=1S/C11H17N5S/c1-2-3-4-9-17-11-13-14-15-16(11)8-7-12-10-5-6-10/h1,10,12H,3-9H2. The Morgan fingerprint density at radius 3 is 3.18 bits per heavy atom. The molecule has 1 aromatic rings. The summed E-state index contributed by atoms with van der Waals surface area (Å²) in [5.41, 5.74) is 0. The zero-order valence-electron chi connectivity index (χ0n) is 9.80. The van der Waals surface area contributed by atoms with Crippen LogP contribution in [-0.4, -0.2) is 38.5 Å². The fraction of sp³-hybridized carbons (Fsp3) is 0.727. The number of terminal acetylenes is 1. The molecular weight excluding hydrogens is 234 g/mol. The Morgan fingerprint density at radius 1 is 1.53 bits per heavy atom. The maximum Gasteiger partial charge on any atom is 0.209 e. The van der Waals surface area contributed by atoms with Gasteiger partial charge in [0.1, 0.15) is 0 Å². The predicted molar refractivity (Wildman–Crippen MR) is 67.6 cm³/mol. The highest BCUT2D eigenvalue weighted by molar-refractivity contribution is 7.99. The van der Waals surface area contributed by atoms with Crippen molar-refractivity contribution in [3.05, 3.63) is 0 Å². The lowest BCUT2D eigenvalue weighted by Gasteiger charge is -2.04. The largest absolute Gasteiger partial charge is 0.312 e. The Hall–Kier alpha value is -1.06. The second-order valence-corrected chi connectivity index (χ2v) is 5.13. The third kappa shape index (κ3) is 4.36. The SMILES string of the molecule is C#CCCCSc1nnnn1CCNC1CC1. The number of nitrogens with one attached hydrogen (secondary N) is 1. The fourth-order valence-electron chi connectivity index (χ4n) is 1.44. The molecule has 0 aliphatic heterocycles. The van der Waals surface area contributed by atoms with Crippen LogP contribution in [0.25, 0.3) is 0 Å². The predicted octanol–water partition coefficient (Wildman–Crippen LogP) is 0.931. The van der Waals surface area contributed by atoms with Crippen LogP contribution in [0.15, 0.2) is 5.16 Å². The quantitative estimate of drug-likeness (QED) is 0.423. The number of hydrogen-bond donors (Lipinski definition) is 1. The normalized spacial score (nSPS) is 14.8. The smallest absolute Gasteiger partial charge is 0.209 e. The van der Waals surface area contributed by atoms with Crippen molar-refractivity contribution in [1.82, 2.24) is 25.5 Å². The van der Waals surface area contributed by atoms with E-state index in [0.29, 0.717) is 0 Å². The Kier molecular flexibility index (Phi) is 4.83. The maximum absolute atomic E-state index is 5.20. The summed E-state index contributed by atoms with van der Waals surface area (Å²) in [4.78, 5) is 0. The first kappa shape index (κ1) is 12.4. The molecule has 0 spiro atoms.